The predicted molar refractivity (Wildman–Crippen MR) is 125 cm³/mol. The van der Waals surface area contributed by atoms with Gasteiger partial charge < -0.3 is 9.47 Å². The van der Waals surface area contributed by atoms with Crippen molar-refractivity contribution in [1.29, 1.82) is 0 Å². The molecule has 1 aliphatic rings. The molecule has 1 fully saturated rings. The summed E-state index contributed by atoms with van der Waals surface area (Å²) in [4.78, 5) is 0. The Kier molecular flexibility index (Phi) is 7.37. The van der Waals surface area contributed by atoms with Gasteiger partial charge in [-0.3, -0.25) is 0 Å². The molecule has 3 aromatic carbocycles. The molecular weight excluding hydrogens is 444 g/mol. The van der Waals surface area contributed by atoms with E-state index in [1.165, 1.54) is 36.4 Å². The minimum absolute atomic E-state index is 0.0387. The summed E-state index contributed by atoms with van der Waals surface area (Å²) >= 11 is 0. The van der Waals surface area contributed by atoms with Gasteiger partial charge in [0.25, 0.3) is 0 Å². The SMILES string of the molecule is C=CCOc1ccc(-c2ccc(-c3ccc(C4CCC(CC)CO4)c(F)c3F)cc2)c(F)c1F. The van der Waals surface area contributed by atoms with Crippen LogP contribution in [0.3, 0.4) is 0 Å². The predicted octanol–water partition coefficient (Wildman–Crippen LogP) is 8.02. The normalized spacial score (nSPS) is 18.0. The molecule has 2 atom stereocenters. The van der Waals surface area contributed by atoms with Crippen molar-refractivity contribution >= 4 is 0 Å². The second-order valence-corrected chi connectivity index (χ2v) is 8.42. The maximum Gasteiger partial charge on any atom is 0.201 e. The van der Waals surface area contributed by atoms with Crippen LogP contribution in [0.2, 0.25) is 0 Å². The first kappa shape index (κ1) is 24.0. The van der Waals surface area contributed by atoms with E-state index in [1.807, 2.05) is 0 Å². The minimum atomic E-state index is -1.10. The van der Waals surface area contributed by atoms with Crippen molar-refractivity contribution in [2.24, 2.45) is 5.92 Å². The molecule has 0 aromatic heterocycles. The first-order valence-electron chi connectivity index (χ1n) is 11.4. The Morgan fingerprint density at radius 1 is 0.853 bits per heavy atom. The van der Waals surface area contributed by atoms with Crippen LogP contribution in [0.5, 0.6) is 5.75 Å². The van der Waals surface area contributed by atoms with Crippen molar-refractivity contribution in [3.63, 3.8) is 0 Å². The second-order valence-electron chi connectivity index (χ2n) is 8.42. The summed E-state index contributed by atoms with van der Waals surface area (Å²) in [7, 11) is 0. The molecular formula is C28H26F4O2. The van der Waals surface area contributed by atoms with Crippen LogP contribution in [-0.4, -0.2) is 13.2 Å². The smallest absolute Gasteiger partial charge is 0.201 e. The van der Waals surface area contributed by atoms with Crippen LogP contribution in [0.15, 0.2) is 61.2 Å². The van der Waals surface area contributed by atoms with Gasteiger partial charge in [-0.05, 0) is 42.0 Å². The molecule has 2 nitrogen and oxygen atoms in total. The van der Waals surface area contributed by atoms with E-state index in [0.717, 1.165) is 12.8 Å². The Morgan fingerprint density at radius 2 is 1.47 bits per heavy atom. The summed E-state index contributed by atoms with van der Waals surface area (Å²) in [6, 6.07) is 12.0. The van der Waals surface area contributed by atoms with Gasteiger partial charge in [0.05, 0.1) is 12.7 Å². The fraction of sp³-hybridized carbons (Fsp3) is 0.286. The zero-order valence-corrected chi connectivity index (χ0v) is 18.9. The molecule has 0 saturated carbocycles. The topological polar surface area (TPSA) is 18.5 Å². The zero-order chi connectivity index (χ0) is 24.2. The minimum Gasteiger partial charge on any atom is -0.486 e. The third-order valence-electron chi connectivity index (χ3n) is 6.32. The molecule has 0 aliphatic carbocycles. The molecule has 34 heavy (non-hydrogen) atoms. The van der Waals surface area contributed by atoms with Crippen molar-refractivity contribution in [2.45, 2.75) is 32.3 Å². The highest BCUT2D eigenvalue weighted by Gasteiger charge is 2.26. The average Bonchev–Trinajstić information content (AvgIpc) is 2.87. The Morgan fingerprint density at radius 3 is 2.03 bits per heavy atom. The summed E-state index contributed by atoms with van der Waals surface area (Å²) in [6.07, 6.45) is 3.56. The highest BCUT2D eigenvalue weighted by atomic mass is 19.2. The summed E-state index contributed by atoms with van der Waals surface area (Å²) < 4.78 is 69.7. The molecule has 1 heterocycles. The quantitative estimate of drug-likeness (QED) is 0.257. The van der Waals surface area contributed by atoms with E-state index in [4.69, 9.17) is 9.47 Å². The third-order valence-corrected chi connectivity index (χ3v) is 6.32. The van der Waals surface area contributed by atoms with Crippen LogP contribution in [0.25, 0.3) is 22.3 Å². The molecule has 2 unspecified atom stereocenters. The first-order valence-corrected chi connectivity index (χ1v) is 11.4. The van der Waals surface area contributed by atoms with Crippen molar-refractivity contribution in [3.05, 3.63) is 90.0 Å². The number of hydrogen-bond acceptors (Lipinski definition) is 2. The van der Waals surface area contributed by atoms with Gasteiger partial charge in [-0.1, -0.05) is 62.4 Å². The Bertz CT molecular complexity index is 1170. The number of rotatable bonds is 7. The Balaban J connectivity index is 1.57. The lowest BCUT2D eigenvalue weighted by molar-refractivity contribution is -0.0200. The van der Waals surface area contributed by atoms with E-state index in [9.17, 15) is 17.6 Å². The molecule has 4 rings (SSSR count). The molecule has 0 radical (unpaired) electrons. The van der Waals surface area contributed by atoms with E-state index >= 15 is 0 Å². The van der Waals surface area contributed by atoms with E-state index < -0.39 is 29.4 Å². The Hall–Kier alpha value is -3.12. The summed E-state index contributed by atoms with van der Waals surface area (Å²) in [5.74, 6) is -3.76. The first-order chi connectivity index (χ1) is 16.4. The lowest BCUT2D eigenvalue weighted by Gasteiger charge is -2.29. The second kappa shape index (κ2) is 10.4. The van der Waals surface area contributed by atoms with E-state index in [1.54, 1.807) is 18.2 Å². The maximum absolute atomic E-state index is 15.0. The van der Waals surface area contributed by atoms with Crippen LogP contribution < -0.4 is 4.74 Å². The summed E-state index contributed by atoms with van der Waals surface area (Å²) in [6.45, 7) is 6.16. The number of hydrogen-bond donors (Lipinski definition) is 0. The number of halogens is 4. The standard InChI is InChI=1S/C28H26F4O2/c1-3-15-33-24-14-12-21(26(30)28(24)32)19-8-6-18(7-9-19)20-10-11-22(27(31)25(20)29)23-13-5-17(4-2)16-34-23/h3,6-12,14,17,23H,1,4-5,13,15-16H2,2H3. The average molecular weight is 471 g/mol. The fourth-order valence-corrected chi connectivity index (χ4v) is 4.25. The number of ether oxygens (including phenoxy) is 2. The van der Waals surface area contributed by atoms with Crippen LogP contribution >= 0.6 is 0 Å². The highest BCUT2D eigenvalue weighted by molar-refractivity contribution is 5.71. The van der Waals surface area contributed by atoms with Crippen molar-refractivity contribution in [2.75, 3.05) is 13.2 Å². The lowest BCUT2D eigenvalue weighted by Crippen LogP contribution is -2.21. The zero-order valence-electron chi connectivity index (χ0n) is 18.9. The fourth-order valence-electron chi connectivity index (χ4n) is 4.25. The monoisotopic (exact) mass is 470 g/mol. The van der Waals surface area contributed by atoms with E-state index in [2.05, 4.69) is 13.5 Å². The van der Waals surface area contributed by atoms with Crippen LogP contribution in [0, 0.1) is 29.2 Å². The van der Waals surface area contributed by atoms with Gasteiger partial charge in [0.2, 0.25) is 5.82 Å². The van der Waals surface area contributed by atoms with E-state index in [-0.39, 0.29) is 29.0 Å². The van der Waals surface area contributed by atoms with Crippen molar-refractivity contribution in [1.82, 2.24) is 0 Å². The van der Waals surface area contributed by atoms with Gasteiger partial charge in [-0.25, -0.2) is 13.2 Å². The van der Waals surface area contributed by atoms with E-state index in [0.29, 0.717) is 30.1 Å². The van der Waals surface area contributed by atoms with Gasteiger partial charge in [0, 0.05) is 16.7 Å². The van der Waals surface area contributed by atoms with Crippen LogP contribution in [-0.2, 0) is 4.74 Å². The highest BCUT2D eigenvalue weighted by Crippen LogP contribution is 2.37. The Labute approximate surface area is 196 Å². The summed E-state index contributed by atoms with van der Waals surface area (Å²) in [5.41, 5.74) is 1.18. The summed E-state index contributed by atoms with van der Waals surface area (Å²) in [5, 5.41) is 0. The van der Waals surface area contributed by atoms with Crippen molar-refractivity contribution in [3.8, 4) is 28.0 Å². The maximum atomic E-state index is 15.0. The molecule has 1 aliphatic heterocycles. The molecule has 178 valence electrons. The molecule has 0 bridgehead atoms. The third kappa shape index (κ3) is 4.73. The molecule has 0 amide bonds. The molecule has 1 saturated heterocycles. The van der Waals surface area contributed by atoms with Crippen LogP contribution in [0.1, 0.15) is 37.9 Å². The molecule has 0 spiro atoms. The van der Waals surface area contributed by atoms with Crippen molar-refractivity contribution < 1.29 is 27.0 Å². The largest absolute Gasteiger partial charge is 0.486 e. The molecule has 6 heteroatoms. The van der Waals surface area contributed by atoms with Gasteiger partial charge in [0.1, 0.15) is 6.61 Å². The number of benzene rings is 3. The van der Waals surface area contributed by atoms with Gasteiger partial charge in [-0.2, -0.15) is 4.39 Å². The molecule has 3 aromatic rings. The van der Waals surface area contributed by atoms with Gasteiger partial charge >= 0.3 is 0 Å². The van der Waals surface area contributed by atoms with Gasteiger partial charge in [0.15, 0.2) is 23.2 Å². The van der Waals surface area contributed by atoms with Gasteiger partial charge in [-0.15, -0.1) is 0 Å². The van der Waals surface area contributed by atoms with Crippen LogP contribution in [0.4, 0.5) is 17.6 Å². The lowest BCUT2D eigenvalue weighted by atomic mass is 9.91. The molecule has 0 N–H and O–H groups in total.